The zero-order valence-corrected chi connectivity index (χ0v) is 20.1. The van der Waals surface area contributed by atoms with Crippen molar-refractivity contribution in [1.29, 1.82) is 0 Å². The maximum absolute atomic E-state index is 13.1. The maximum Gasteiger partial charge on any atom is 0.294 e. The van der Waals surface area contributed by atoms with Crippen molar-refractivity contribution in [2.75, 3.05) is 18.9 Å². The van der Waals surface area contributed by atoms with Crippen LogP contribution in [0.5, 0.6) is 11.5 Å². The summed E-state index contributed by atoms with van der Waals surface area (Å²) < 4.78 is 17.2. The minimum Gasteiger partial charge on any atom is -0.494 e. The van der Waals surface area contributed by atoms with Crippen LogP contribution in [0.4, 0.5) is 5.82 Å². The van der Waals surface area contributed by atoms with E-state index in [-0.39, 0.29) is 17.3 Å². The molecule has 0 saturated carbocycles. The molecule has 0 unspecified atom stereocenters. The SMILES string of the molecule is CCCOc1ccc(C(C)=NNC(=O)c2nnn(-c3nonc3N)c2-c2cccc(OCC)c2)cc1. The van der Waals surface area contributed by atoms with E-state index in [9.17, 15) is 4.79 Å². The lowest BCUT2D eigenvalue weighted by Crippen LogP contribution is -2.21. The van der Waals surface area contributed by atoms with E-state index < -0.39 is 5.91 Å². The summed E-state index contributed by atoms with van der Waals surface area (Å²) in [6.45, 7) is 6.84. The number of carbonyl (C=O) groups is 1. The molecule has 0 aliphatic rings. The van der Waals surface area contributed by atoms with Crippen molar-refractivity contribution in [1.82, 2.24) is 30.7 Å². The van der Waals surface area contributed by atoms with Crippen LogP contribution >= 0.6 is 0 Å². The lowest BCUT2D eigenvalue weighted by molar-refractivity contribution is 0.0950. The molecule has 4 rings (SSSR count). The Morgan fingerprint density at radius 3 is 2.61 bits per heavy atom. The molecule has 0 saturated heterocycles. The van der Waals surface area contributed by atoms with Crippen LogP contribution in [0, 0.1) is 0 Å². The van der Waals surface area contributed by atoms with Crippen LogP contribution in [0.1, 0.15) is 43.2 Å². The Kier molecular flexibility index (Phi) is 7.54. The van der Waals surface area contributed by atoms with E-state index in [0.717, 1.165) is 17.7 Å². The Morgan fingerprint density at radius 2 is 1.92 bits per heavy atom. The van der Waals surface area contributed by atoms with E-state index in [1.807, 2.05) is 38.1 Å². The predicted octanol–water partition coefficient (Wildman–Crippen LogP) is 3.24. The number of hydrogen-bond acceptors (Lipinski definition) is 10. The Labute approximate surface area is 207 Å². The van der Waals surface area contributed by atoms with Crippen LogP contribution in [0.25, 0.3) is 17.1 Å². The Balaban J connectivity index is 1.63. The maximum atomic E-state index is 13.1. The summed E-state index contributed by atoms with van der Waals surface area (Å²) in [6, 6.07) is 14.6. The van der Waals surface area contributed by atoms with Crippen molar-refractivity contribution in [2.45, 2.75) is 27.2 Å². The molecule has 0 aliphatic heterocycles. The largest absolute Gasteiger partial charge is 0.494 e. The van der Waals surface area contributed by atoms with Gasteiger partial charge in [0.15, 0.2) is 5.69 Å². The molecule has 0 atom stereocenters. The van der Waals surface area contributed by atoms with Gasteiger partial charge in [0.05, 0.1) is 18.9 Å². The predicted molar refractivity (Wildman–Crippen MR) is 132 cm³/mol. The molecule has 36 heavy (non-hydrogen) atoms. The molecule has 0 aliphatic carbocycles. The van der Waals surface area contributed by atoms with Crippen LogP contribution in [0.2, 0.25) is 0 Å². The number of rotatable bonds is 10. The van der Waals surface area contributed by atoms with Gasteiger partial charge in [-0.2, -0.15) is 9.78 Å². The molecular weight excluding hydrogens is 464 g/mol. The molecular formula is C24H26N8O4. The summed E-state index contributed by atoms with van der Waals surface area (Å²) in [4.78, 5) is 13.1. The Hall–Kier alpha value is -4.74. The van der Waals surface area contributed by atoms with E-state index in [1.54, 1.807) is 31.2 Å². The summed E-state index contributed by atoms with van der Waals surface area (Å²) in [5.41, 5.74) is 10.8. The number of aromatic nitrogens is 5. The molecule has 0 fully saturated rings. The third-order valence-corrected chi connectivity index (χ3v) is 5.07. The van der Waals surface area contributed by atoms with E-state index >= 15 is 0 Å². The molecule has 0 bridgehead atoms. The summed E-state index contributed by atoms with van der Waals surface area (Å²) in [7, 11) is 0. The van der Waals surface area contributed by atoms with E-state index in [0.29, 0.717) is 35.9 Å². The first-order valence-electron chi connectivity index (χ1n) is 11.4. The van der Waals surface area contributed by atoms with Gasteiger partial charge in [0, 0.05) is 5.56 Å². The zero-order valence-electron chi connectivity index (χ0n) is 20.1. The van der Waals surface area contributed by atoms with Gasteiger partial charge in [0.2, 0.25) is 11.6 Å². The molecule has 0 spiro atoms. The molecule has 0 radical (unpaired) electrons. The van der Waals surface area contributed by atoms with Gasteiger partial charge in [-0.05, 0) is 72.5 Å². The standard InChI is InChI=1S/C24H26N8O4/c1-4-13-35-18-11-9-16(10-12-18)15(3)26-28-24(33)20-21(17-7-6-8-19(14-17)34-5-2)32(31-27-20)23-22(25)29-36-30-23/h6-12,14H,4-5,13H2,1-3H3,(H2,25,29)(H,28,33). The summed E-state index contributed by atoms with van der Waals surface area (Å²) in [6.07, 6.45) is 0.927. The van der Waals surface area contributed by atoms with Crippen molar-refractivity contribution < 1.29 is 18.9 Å². The number of anilines is 1. The van der Waals surface area contributed by atoms with E-state index in [2.05, 4.69) is 31.2 Å². The topological polar surface area (TPSA) is 156 Å². The molecule has 3 N–H and O–H groups in total. The van der Waals surface area contributed by atoms with Crippen LogP contribution in [-0.4, -0.2) is 50.1 Å². The molecule has 2 aromatic heterocycles. The Morgan fingerprint density at radius 1 is 1.11 bits per heavy atom. The number of nitrogens with one attached hydrogen (secondary N) is 1. The van der Waals surface area contributed by atoms with Crippen LogP contribution in [-0.2, 0) is 0 Å². The van der Waals surface area contributed by atoms with Gasteiger partial charge in [-0.25, -0.2) is 10.1 Å². The zero-order chi connectivity index (χ0) is 25.5. The number of carbonyl (C=O) groups excluding carboxylic acids is 1. The molecule has 12 nitrogen and oxygen atoms in total. The second-order valence-corrected chi connectivity index (χ2v) is 7.64. The normalized spacial score (nSPS) is 11.4. The molecule has 2 heterocycles. The van der Waals surface area contributed by atoms with Crippen molar-refractivity contribution in [3.8, 4) is 28.6 Å². The van der Waals surface area contributed by atoms with Crippen LogP contribution in [0.15, 0.2) is 58.3 Å². The third-order valence-electron chi connectivity index (χ3n) is 5.07. The number of nitrogens with two attached hydrogens (primary N) is 1. The summed E-state index contributed by atoms with van der Waals surface area (Å²) in [5, 5.41) is 19.8. The van der Waals surface area contributed by atoms with Crippen molar-refractivity contribution in [3.05, 3.63) is 59.8 Å². The molecule has 12 heteroatoms. The second kappa shape index (κ2) is 11.1. The molecule has 186 valence electrons. The fraction of sp³-hybridized carbons (Fsp3) is 0.250. The fourth-order valence-electron chi connectivity index (χ4n) is 3.34. The fourth-order valence-corrected chi connectivity index (χ4v) is 3.34. The van der Waals surface area contributed by atoms with Gasteiger partial charge in [-0.15, -0.1) is 5.10 Å². The lowest BCUT2D eigenvalue weighted by Gasteiger charge is -2.09. The Bertz CT molecular complexity index is 1360. The minimum absolute atomic E-state index is 0.00528. The number of benzene rings is 2. The van der Waals surface area contributed by atoms with Crippen LogP contribution in [0.3, 0.4) is 0 Å². The highest BCUT2D eigenvalue weighted by Crippen LogP contribution is 2.29. The van der Waals surface area contributed by atoms with Gasteiger partial charge in [0.25, 0.3) is 5.91 Å². The van der Waals surface area contributed by atoms with Crippen molar-refractivity contribution >= 4 is 17.4 Å². The van der Waals surface area contributed by atoms with Gasteiger partial charge in [0.1, 0.15) is 17.2 Å². The number of nitrogens with zero attached hydrogens (tertiary/aromatic N) is 6. The first-order valence-corrected chi connectivity index (χ1v) is 11.4. The second-order valence-electron chi connectivity index (χ2n) is 7.64. The van der Waals surface area contributed by atoms with Crippen LogP contribution < -0.4 is 20.6 Å². The van der Waals surface area contributed by atoms with Gasteiger partial charge >= 0.3 is 0 Å². The quantitative estimate of drug-likeness (QED) is 0.252. The number of nitrogen functional groups attached to an aromatic ring is 1. The lowest BCUT2D eigenvalue weighted by atomic mass is 10.1. The highest BCUT2D eigenvalue weighted by atomic mass is 16.6. The molecule has 4 aromatic rings. The number of ether oxygens (including phenoxy) is 2. The van der Waals surface area contributed by atoms with Gasteiger partial charge < -0.3 is 15.2 Å². The number of hydrazone groups is 1. The summed E-state index contributed by atoms with van der Waals surface area (Å²) >= 11 is 0. The van der Waals surface area contributed by atoms with Gasteiger partial charge in [-0.3, -0.25) is 4.79 Å². The van der Waals surface area contributed by atoms with Crippen molar-refractivity contribution in [3.63, 3.8) is 0 Å². The highest BCUT2D eigenvalue weighted by Gasteiger charge is 2.25. The smallest absolute Gasteiger partial charge is 0.294 e. The first kappa shape index (κ1) is 24.4. The van der Waals surface area contributed by atoms with E-state index in [4.69, 9.17) is 19.8 Å². The number of amides is 1. The molecule has 2 aromatic carbocycles. The van der Waals surface area contributed by atoms with Gasteiger partial charge in [-0.1, -0.05) is 24.3 Å². The minimum atomic E-state index is -0.574. The highest BCUT2D eigenvalue weighted by molar-refractivity contribution is 6.02. The number of hydrogen-bond donors (Lipinski definition) is 2. The first-order chi connectivity index (χ1) is 17.5. The van der Waals surface area contributed by atoms with Crippen molar-refractivity contribution in [2.24, 2.45) is 5.10 Å². The average molecular weight is 491 g/mol. The summed E-state index contributed by atoms with van der Waals surface area (Å²) in [5.74, 6) is 0.906. The monoisotopic (exact) mass is 490 g/mol. The van der Waals surface area contributed by atoms with E-state index in [1.165, 1.54) is 4.68 Å². The average Bonchev–Trinajstić information content (AvgIpc) is 3.52. The molecule has 1 amide bonds. The third kappa shape index (κ3) is 5.32.